The van der Waals surface area contributed by atoms with Crippen molar-refractivity contribution in [1.29, 1.82) is 0 Å². The molecule has 0 N–H and O–H groups in total. The number of fused-ring (bicyclic) bond motifs is 3. The predicted octanol–water partition coefficient (Wildman–Crippen LogP) is 3.91. The topological polar surface area (TPSA) is 0 Å². The highest BCUT2D eigenvalue weighted by Gasteiger charge is 2.43. The van der Waals surface area contributed by atoms with Crippen LogP contribution < -0.4 is 0 Å². The van der Waals surface area contributed by atoms with Crippen LogP contribution in [0.5, 0.6) is 0 Å². The maximum Gasteiger partial charge on any atom is -0.0102 e. The zero-order valence-electron chi connectivity index (χ0n) is 8.92. The largest absolute Gasteiger partial charge is 0.0620 e. The number of rotatable bonds is 0. The molecule has 0 nitrogen and oxygen atoms in total. The monoisotopic (exact) mass is 186 g/mol. The van der Waals surface area contributed by atoms with Crippen LogP contribution in [0.3, 0.4) is 0 Å². The minimum absolute atomic E-state index is 0.599. The van der Waals surface area contributed by atoms with Crippen LogP contribution in [0.25, 0.3) is 0 Å². The summed E-state index contributed by atoms with van der Waals surface area (Å²) in [5.41, 5.74) is 3.89. The lowest BCUT2D eigenvalue weighted by atomic mass is 9.68. The molecule has 0 heteroatoms. The number of hydrogen-bond acceptors (Lipinski definition) is 0. The number of hydrogen-bond donors (Lipinski definition) is 0. The van der Waals surface area contributed by atoms with E-state index in [4.69, 9.17) is 0 Å². The molecule has 1 unspecified atom stereocenters. The molecule has 0 spiro atoms. The molecule has 2 aliphatic rings. The standard InChI is InChI=1S/C14H18/c1-14-9-5-4-8-13(14)12-7-3-2-6-11(12)10-14/h2-3,6-7,13H,4-5,8-10H2,1H3/t13?,14-/m1/s1. The van der Waals surface area contributed by atoms with E-state index in [2.05, 4.69) is 31.2 Å². The van der Waals surface area contributed by atoms with Gasteiger partial charge in [0.1, 0.15) is 0 Å². The Labute approximate surface area is 86.3 Å². The second-order valence-corrected chi connectivity index (χ2v) is 5.33. The minimum Gasteiger partial charge on any atom is -0.0620 e. The second-order valence-electron chi connectivity index (χ2n) is 5.33. The molecule has 14 heavy (non-hydrogen) atoms. The second kappa shape index (κ2) is 2.85. The SMILES string of the molecule is C[C@]12CCCCC1c1ccccc1C2. The van der Waals surface area contributed by atoms with E-state index in [1.54, 1.807) is 11.1 Å². The Morgan fingerprint density at radius 1 is 1.21 bits per heavy atom. The van der Waals surface area contributed by atoms with Crippen LogP contribution in [-0.2, 0) is 6.42 Å². The van der Waals surface area contributed by atoms with Crippen LogP contribution in [0, 0.1) is 5.41 Å². The van der Waals surface area contributed by atoms with E-state index in [1.165, 1.54) is 32.1 Å². The fourth-order valence-electron chi connectivity index (χ4n) is 3.61. The Morgan fingerprint density at radius 2 is 2.07 bits per heavy atom. The van der Waals surface area contributed by atoms with Gasteiger partial charge in [0.2, 0.25) is 0 Å². The fraction of sp³-hybridized carbons (Fsp3) is 0.571. The van der Waals surface area contributed by atoms with Crippen molar-refractivity contribution in [2.24, 2.45) is 5.41 Å². The molecule has 74 valence electrons. The third-order valence-electron chi connectivity index (χ3n) is 4.36. The summed E-state index contributed by atoms with van der Waals surface area (Å²) in [4.78, 5) is 0. The quantitative estimate of drug-likeness (QED) is 0.576. The molecule has 2 atom stereocenters. The Hall–Kier alpha value is -0.780. The first-order valence-corrected chi connectivity index (χ1v) is 5.87. The smallest absolute Gasteiger partial charge is 0.0102 e. The van der Waals surface area contributed by atoms with Gasteiger partial charge >= 0.3 is 0 Å². The van der Waals surface area contributed by atoms with E-state index in [9.17, 15) is 0 Å². The third-order valence-corrected chi connectivity index (χ3v) is 4.36. The van der Waals surface area contributed by atoms with Crippen molar-refractivity contribution in [3.63, 3.8) is 0 Å². The maximum absolute atomic E-state index is 2.50. The Morgan fingerprint density at radius 3 is 3.00 bits per heavy atom. The van der Waals surface area contributed by atoms with Crippen molar-refractivity contribution < 1.29 is 0 Å². The molecule has 1 aromatic rings. The van der Waals surface area contributed by atoms with Crippen LogP contribution in [0.1, 0.15) is 49.7 Å². The molecular formula is C14H18. The van der Waals surface area contributed by atoms with Crippen molar-refractivity contribution in [2.75, 3.05) is 0 Å². The molecule has 0 aliphatic heterocycles. The zero-order chi connectivity index (χ0) is 9.60. The van der Waals surface area contributed by atoms with Gasteiger partial charge in [-0.15, -0.1) is 0 Å². The van der Waals surface area contributed by atoms with Crippen molar-refractivity contribution >= 4 is 0 Å². The zero-order valence-corrected chi connectivity index (χ0v) is 8.92. The van der Waals surface area contributed by atoms with E-state index in [1.807, 2.05) is 0 Å². The van der Waals surface area contributed by atoms with Crippen LogP contribution >= 0.6 is 0 Å². The summed E-state index contributed by atoms with van der Waals surface area (Å²) < 4.78 is 0. The molecule has 1 aromatic carbocycles. The third kappa shape index (κ3) is 1.06. The van der Waals surface area contributed by atoms with E-state index < -0.39 is 0 Å². The summed E-state index contributed by atoms with van der Waals surface area (Å²) in [5, 5.41) is 0. The summed E-state index contributed by atoms with van der Waals surface area (Å²) in [5.74, 6) is 0.868. The lowest BCUT2D eigenvalue weighted by Gasteiger charge is -2.36. The molecule has 1 saturated carbocycles. The van der Waals surface area contributed by atoms with Crippen LogP contribution in [-0.4, -0.2) is 0 Å². The van der Waals surface area contributed by atoms with Gasteiger partial charge in [0, 0.05) is 0 Å². The molecule has 0 aromatic heterocycles. The summed E-state index contributed by atoms with van der Waals surface area (Å²) in [6, 6.07) is 9.09. The van der Waals surface area contributed by atoms with Gasteiger partial charge in [-0.25, -0.2) is 0 Å². The van der Waals surface area contributed by atoms with E-state index in [-0.39, 0.29) is 0 Å². The van der Waals surface area contributed by atoms with Crippen LogP contribution in [0.15, 0.2) is 24.3 Å². The van der Waals surface area contributed by atoms with Gasteiger partial charge in [0.25, 0.3) is 0 Å². The van der Waals surface area contributed by atoms with Gasteiger partial charge in [-0.1, -0.05) is 44.0 Å². The summed E-state index contributed by atoms with van der Waals surface area (Å²) >= 11 is 0. The first-order valence-electron chi connectivity index (χ1n) is 5.87. The molecule has 0 saturated heterocycles. The molecule has 0 heterocycles. The first-order chi connectivity index (χ1) is 6.80. The van der Waals surface area contributed by atoms with Gasteiger partial charge in [-0.3, -0.25) is 0 Å². The van der Waals surface area contributed by atoms with E-state index >= 15 is 0 Å². The van der Waals surface area contributed by atoms with Crippen molar-refractivity contribution in [3.8, 4) is 0 Å². The van der Waals surface area contributed by atoms with Gasteiger partial charge < -0.3 is 0 Å². The molecule has 0 amide bonds. The van der Waals surface area contributed by atoms with Crippen molar-refractivity contribution in [2.45, 2.75) is 44.9 Å². The van der Waals surface area contributed by atoms with Gasteiger partial charge in [0.05, 0.1) is 0 Å². The first kappa shape index (κ1) is 8.52. The summed E-state index contributed by atoms with van der Waals surface area (Å²) in [7, 11) is 0. The normalized spacial score (nSPS) is 35.1. The fourth-order valence-corrected chi connectivity index (χ4v) is 3.61. The number of benzene rings is 1. The molecule has 0 radical (unpaired) electrons. The summed E-state index contributed by atoms with van der Waals surface area (Å²) in [6.45, 7) is 2.50. The van der Waals surface area contributed by atoms with E-state index in [0.29, 0.717) is 5.41 Å². The average molecular weight is 186 g/mol. The molecule has 1 fully saturated rings. The van der Waals surface area contributed by atoms with Gasteiger partial charge in [-0.05, 0) is 41.7 Å². The molecule has 3 rings (SSSR count). The lowest BCUT2D eigenvalue weighted by Crippen LogP contribution is -2.25. The highest BCUT2D eigenvalue weighted by atomic mass is 14.5. The van der Waals surface area contributed by atoms with Gasteiger partial charge in [-0.2, -0.15) is 0 Å². The highest BCUT2D eigenvalue weighted by Crippen LogP contribution is 2.54. The maximum atomic E-state index is 2.50. The van der Waals surface area contributed by atoms with Crippen molar-refractivity contribution in [1.82, 2.24) is 0 Å². The Balaban J connectivity index is 2.07. The highest BCUT2D eigenvalue weighted by molar-refractivity contribution is 5.38. The van der Waals surface area contributed by atoms with E-state index in [0.717, 1.165) is 5.92 Å². The Bertz CT molecular complexity index is 353. The molecular weight excluding hydrogens is 168 g/mol. The van der Waals surface area contributed by atoms with Crippen LogP contribution in [0.4, 0.5) is 0 Å². The average Bonchev–Trinajstić information content (AvgIpc) is 2.49. The minimum atomic E-state index is 0.599. The summed E-state index contributed by atoms with van der Waals surface area (Å²) in [6.07, 6.45) is 7.07. The molecule has 2 aliphatic carbocycles. The lowest BCUT2D eigenvalue weighted by molar-refractivity contribution is 0.195. The van der Waals surface area contributed by atoms with Crippen molar-refractivity contribution in [3.05, 3.63) is 35.4 Å². The Kier molecular flexibility index (Phi) is 1.74. The van der Waals surface area contributed by atoms with Gasteiger partial charge in [0.15, 0.2) is 0 Å². The molecule has 0 bridgehead atoms. The predicted molar refractivity (Wildman–Crippen MR) is 59.5 cm³/mol. The van der Waals surface area contributed by atoms with Crippen LogP contribution in [0.2, 0.25) is 0 Å².